The summed E-state index contributed by atoms with van der Waals surface area (Å²) >= 11 is 11.8. The van der Waals surface area contributed by atoms with Crippen LogP contribution >= 0.6 is 23.2 Å². The zero-order chi connectivity index (χ0) is 15.3. The van der Waals surface area contributed by atoms with E-state index in [2.05, 4.69) is 16.0 Å². The highest BCUT2D eigenvalue weighted by Crippen LogP contribution is 2.22. The Balaban J connectivity index is 1.89. The summed E-state index contributed by atoms with van der Waals surface area (Å²) in [5.41, 5.74) is 0.378. The molecule has 3 N–H and O–H groups in total. The second-order valence-electron chi connectivity index (χ2n) is 5.21. The molecule has 1 heterocycles. The average molecular weight is 332 g/mol. The summed E-state index contributed by atoms with van der Waals surface area (Å²) in [4.78, 5) is 12.0. The number of hydrogen-bond acceptors (Lipinski definition) is 3. The number of nitrogens with one attached hydrogen (secondary N) is 3. The van der Waals surface area contributed by atoms with Gasteiger partial charge >= 0.3 is 6.03 Å². The first-order valence-electron chi connectivity index (χ1n) is 6.78. The Bertz CT molecular complexity index is 485. The zero-order valence-electron chi connectivity index (χ0n) is 11.8. The first kappa shape index (κ1) is 16.4. The fourth-order valence-electron chi connectivity index (χ4n) is 2.52. The van der Waals surface area contributed by atoms with Gasteiger partial charge in [0, 0.05) is 29.4 Å². The van der Waals surface area contributed by atoms with Crippen LogP contribution in [-0.2, 0) is 4.74 Å². The summed E-state index contributed by atoms with van der Waals surface area (Å²) in [5.74, 6) is 0. The first-order chi connectivity index (χ1) is 10.0. The van der Waals surface area contributed by atoms with Crippen molar-refractivity contribution in [1.29, 1.82) is 0 Å². The number of anilines is 1. The zero-order valence-corrected chi connectivity index (χ0v) is 13.4. The van der Waals surface area contributed by atoms with Gasteiger partial charge in [-0.25, -0.2) is 4.79 Å². The summed E-state index contributed by atoms with van der Waals surface area (Å²) in [5, 5.41) is 9.93. The van der Waals surface area contributed by atoms with Crippen molar-refractivity contribution in [2.45, 2.75) is 18.4 Å². The summed E-state index contributed by atoms with van der Waals surface area (Å²) in [7, 11) is 1.66. The third-order valence-electron chi connectivity index (χ3n) is 3.46. The van der Waals surface area contributed by atoms with Gasteiger partial charge in [0.1, 0.15) is 0 Å². The SMILES string of the molecule is COCC1(CNC(=O)Nc2cc(Cl)cc(Cl)c2)CCCN1. The average Bonchev–Trinajstić information content (AvgIpc) is 2.85. The van der Waals surface area contributed by atoms with Crippen LogP contribution in [0.15, 0.2) is 18.2 Å². The molecule has 0 aliphatic carbocycles. The predicted octanol–water partition coefficient (Wildman–Crippen LogP) is 2.88. The summed E-state index contributed by atoms with van der Waals surface area (Å²) in [6.45, 7) is 2.01. The van der Waals surface area contributed by atoms with Crippen LogP contribution < -0.4 is 16.0 Å². The highest BCUT2D eigenvalue weighted by molar-refractivity contribution is 6.35. The van der Waals surface area contributed by atoms with E-state index in [1.807, 2.05) is 0 Å². The van der Waals surface area contributed by atoms with Crippen molar-refractivity contribution in [2.75, 3.05) is 32.1 Å². The van der Waals surface area contributed by atoms with Gasteiger partial charge in [0.2, 0.25) is 0 Å². The molecule has 1 aliphatic heterocycles. The van der Waals surface area contributed by atoms with Crippen LogP contribution in [0.3, 0.4) is 0 Å². The molecular formula is C14H19Cl2N3O2. The number of methoxy groups -OCH3 is 1. The monoisotopic (exact) mass is 331 g/mol. The van der Waals surface area contributed by atoms with Crippen LogP contribution in [0, 0.1) is 0 Å². The number of hydrogen-bond donors (Lipinski definition) is 3. The molecule has 116 valence electrons. The minimum atomic E-state index is -0.294. The minimum absolute atomic E-state index is 0.182. The Morgan fingerprint density at radius 1 is 1.38 bits per heavy atom. The maximum Gasteiger partial charge on any atom is 0.319 e. The van der Waals surface area contributed by atoms with Crippen molar-refractivity contribution >= 4 is 34.9 Å². The molecule has 1 unspecified atom stereocenters. The molecule has 0 bridgehead atoms. The lowest BCUT2D eigenvalue weighted by atomic mass is 9.99. The van der Waals surface area contributed by atoms with Crippen molar-refractivity contribution in [2.24, 2.45) is 0 Å². The predicted molar refractivity (Wildman–Crippen MR) is 85.3 cm³/mol. The molecule has 5 nitrogen and oxygen atoms in total. The number of benzene rings is 1. The Morgan fingerprint density at radius 2 is 2.10 bits per heavy atom. The van der Waals surface area contributed by atoms with Gasteiger partial charge in [-0.2, -0.15) is 0 Å². The number of halogens is 2. The van der Waals surface area contributed by atoms with Crippen LogP contribution in [0.1, 0.15) is 12.8 Å². The van der Waals surface area contributed by atoms with E-state index in [4.69, 9.17) is 27.9 Å². The molecule has 1 saturated heterocycles. The summed E-state index contributed by atoms with van der Waals surface area (Å²) in [6, 6.07) is 4.61. The topological polar surface area (TPSA) is 62.4 Å². The summed E-state index contributed by atoms with van der Waals surface area (Å²) < 4.78 is 5.24. The number of urea groups is 1. The van der Waals surface area contributed by atoms with E-state index in [-0.39, 0.29) is 11.6 Å². The molecule has 21 heavy (non-hydrogen) atoms. The molecular weight excluding hydrogens is 313 g/mol. The largest absolute Gasteiger partial charge is 0.383 e. The number of rotatable bonds is 5. The van der Waals surface area contributed by atoms with E-state index in [0.717, 1.165) is 19.4 Å². The molecule has 1 aliphatic rings. The van der Waals surface area contributed by atoms with Crippen LogP contribution in [0.5, 0.6) is 0 Å². The van der Waals surface area contributed by atoms with Crippen LogP contribution in [0.4, 0.5) is 10.5 Å². The normalized spacial score (nSPS) is 21.3. The fraction of sp³-hybridized carbons (Fsp3) is 0.500. The maximum atomic E-state index is 12.0. The quantitative estimate of drug-likeness (QED) is 0.777. The number of amides is 2. The molecule has 0 spiro atoms. The lowest BCUT2D eigenvalue weighted by molar-refractivity contribution is 0.120. The van der Waals surface area contributed by atoms with E-state index in [0.29, 0.717) is 28.9 Å². The second-order valence-corrected chi connectivity index (χ2v) is 6.08. The van der Waals surface area contributed by atoms with Crippen LogP contribution in [0.2, 0.25) is 10.0 Å². The lowest BCUT2D eigenvalue weighted by Crippen LogP contribution is -2.53. The van der Waals surface area contributed by atoms with Crippen molar-refractivity contribution in [3.63, 3.8) is 0 Å². The van der Waals surface area contributed by atoms with Gasteiger partial charge in [-0.3, -0.25) is 0 Å². The number of carbonyl (C=O) groups is 1. The molecule has 0 saturated carbocycles. The van der Waals surface area contributed by atoms with Crippen LogP contribution in [0.25, 0.3) is 0 Å². The van der Waals surface area contributed by atoms with Gasteiger partial charge in [-0.15, -0.1) is 0 Å². The molecule has 0 aromatic heterocycles. The Morgan fingerprint density at radius 3 is 2.67 bits per heavy atom. The Hall–Kier alpha value is -1.01. The van der Waals surface area contributed by atoms with E-state index >= 15 is 0 Å². The van der Waals surface area contributed by atoms with Gasteiger partial charge in [0.05, 0.1) is 12.1 Å². The Kier molecular flexibility index (Phi) is 5.70. The summed E-state index contributed by atoms with van der Waals surface area (Å²) in [6.07, 6.45) is 2.06. The maximum absolute atomic E-state index is 12.0. The van der Waals surface area contributed by atoms with Crippen LogP contribution in [-0.4, -0.2) is 38.4 Å². The van der Waals surface area contributed by atoms with Crippen molar-refractivity contribution in [3.05, 3.63) is 28.2 Å². The molecule has 1 aromatic rings. The van der Waals surface area contributed by atoms with E-state index < -0.39 is 0 Å². The van der Waals surface area contributed by atoms with E-state index in [1.165, 1.54) is 0 Å². The molecule has 1 aromatic carbocycles. The third-order valence-corrected chi connectivity index (χ3v) is 3.90. The second kappa shape index (κ2) is 7.31. The van der Waals surface area contributed by atoms with E-state index in [9.17, 15) is 4.79 Å². The lowest BCUT2D eigenvalue weighted by Gasteiger charge is -2.28. The van der Waals surface area contributed by atoms with Crippen molar-refractivity contribution in [3.8, 4) is 0 Å². The minimum Gasteiger partial charge on any atom is -0.383 e. The van der Waals surface area contributed by atoms with Gasteiger partial charge in [0.25, 0.3) is 0 Å². The van der Waals surface area contributed by atoms with Crippen molar-refractivity contribution in [1.82, 2.24) is 10.6 Å². The van der Waals surface area contributed by atoms with Gasteiger partial charge in [-0.05, 0) is 37.6 Å². The van der Waals surface area contributed by atoms with Gasteiger partial charge in [-0.1, -0.05) is 23.2 Å². The molecule has 2 rings (SSSR count). The van der Waals surface area contributed by atoms with E-state index in [1.54, 1.807) is 25.3 Å². The highest BCUT2D eigenvalue weighted by atomic mass is 35.5. The third kappa shape index (κ3) is 4.74. The number of ether oxygens (including phenoxy) is 1. The smallest absolute Gasteiger partial charge is 0.319 e. The molecule has 1 fully saturated rings. The first-order valence-corrected chi connectivity index (χ1v) is 7.53. The number of carbonyl (C=O) groups excluding carboxylic acids is 1. The van der Waals surface area contributed by atoms with Gasteiger partial charge < -0.3 is 20.7 Å². The van der Waals surface area contributed by atoms with Gasteiger partial charge in [0.15, 0.2) is 0 Å². The molecule has 0 radical (unpaired) electrons. The fourth-order valence-corrected chi connectivity index (χ4v) is 3.05. The molecule has 2 amide bonds. The molecule has 7 heteroatoms. The highest BCUT2D eigenvalue weighted by Gasteiger charge is 2.33. The van der Waals surface area contributed by atoms with Crippen molar-refractivity contribution < 1.29 is 9.53 Å². The molecule has 1 atom stereocenters. The Labute approximate surface area is 134 Å². The standard InChI is InChI=1S/C14H19Cl2N3O2/c1-21-9-14(3-2-4-18-14)8-17-13(20)19-12-6-10(15)5-11(16)7-12/h5-7,18H,2-4,8-9H2,1H3,(H2,17,19,20).